The number of thioether (sulfide) groups is 1. The molecular formula is C22H29BrFN3O4S2. The molecule has 1 N–H and O–H groups in total. The molecule has 0 aliphatic carbocycles. The van der Waals surface area contributed by atoms with E-state index in [-0.39, 0.29) is 35.0 Å². The summed E-state index contributed by atoms with van der Waals surface area (Å²) >= 11 is 3.23. The number of aromatic nitrogens is 2. The molecule has 2 atom stereocenters. The van der Waals surface area contributed by atoms with Crippen LogP contribution >= 0.6 is 27.7 Å². The molecule has 2 aromatic rings. The third kappa shape index (κ3) is 7.81. The Labute approximate surface area is 209 Å². The summed E-state index contributed by atoms with van der Waals surface area (Å²) in [6.45, 7) is 7.30. The molecule has 7 nitrogen and oxygen atoms in total. The van der Waals surface area contributed by atoms with Crippen molar-refractivity contribution >= 4 is 45.0 Å². The van der Waals surface area contributed by atoms with E-state index in [1.54, 1.807) is 25.3 Å². The van der Waals surface area contributed by atoms with E-state index in [9.17, 15) is 18.5 Å². The Bertz CT molecular complexity index is 1010. The van der Waals surface area contributed by atoms with Gasteiger partial charge in [-0.05, 0) is 80.4 Å². The number of carbonyl (C=O) groups excluding carboxylic acids is 1. The van der Waals surface area contributed by atoms with Gasteiger partial charge in [0.2, 0.25) is 0 Å². The molecule has 0 bridgehead atoms. The summed E-state index contributed by atoms with van der Waals surface area (Å²) in [4.78, 5) is 29.4. The van der Waals surface area contributed by atoms with Crippen molar-refractivity contribution < 1.29 is 18.5 Å². The highest BCUT2D eigenvalue weighted by molar-refractivity contribution is 9.10. The second-order valence-electron chi connectivity index (χ2n) is 8.20. The fourth-order valence-electron chi connectivity index (χ4n) is 2.93. The molecule has 182 valence electrons. The zero-order valence-corrected chi connectivity index (χ0v) is 22.5. The second-order valence-corrected chi connectivity index (χ2v) is 11.8. The third-order valence-corrected chi connectivity index (χ3v) is 7.76. The molecule has 0 radical (unpaired) electrons. The number of halogens is 2. The van der Waals surface area contributed by atoms with Crippen molar-refractivity contribution in [3.8, 4) is 0 Å². The summed E-state index contributed by atoms with van der Waals surface area (Å²) in [6.07, 6.45) is 2.63. The molecule has 0 spiro atoms. The zero-order chi connectivity index (χ0) is 24.8. The highest BCUT2D eigenvalue weighted by Gasteiger charge is 2.30. The van der Waals surface area contributed by atoms with Crippen molar-refractivity contribution in [2.45, 2.75) is 63.0 Å². The van der Waals surface area contributed by atoms with Gasteiger partial charge in [-0.15, -0.1) is 4.72 Å². The van der Waals surface area contributed by atoms with Gasteiger partial charge in [-0.2, -0.15) is 0 Å². The molecule has 1 aromatic carbocycles. The highest BCUT2D eigenvalue weighted by Crippen LogP contribution is 2.26. The molecule has 1 heterocycles. The molecule has 1 unspecified atom stereocenters. The van der Waals surface area contributed by atoms with Crippen LogP contribution in [0.25, 0.3) is 0 Å². The summed E-state index contributed by atoms with van der Waals surface area (Å²) in [5.41, 5.74) is 0.938. The standard InChI is InChI=1S/C22H29BrFN3O4S2/c1-6-31-18(28)13-27-20(29)19(23)17(25-21(27)32-5)12-11-16(26-33(30)22(2,3)4)14-7-9-15(24)10-8-14/h7-10,16,26H,6,11-13H2,1-5H3/t16-,33?/m1/s1. The average Bonchev–Trinajstić information content (AvgIpc) is 2.75. The van der Waals surface area contributed by atoms with Gasteiger partial charge in [0.15, 0.2) is 5.16 Å². The normalized spacial score (nSPS) is 13.6. The Morgan fingerprint density at radius 3 is 2.55 bits per heavy atom. The van der Waals surface area contributed by atoms with Gasteiger partial charge in [0.05, 0.1) is 18.3 Å². The van der Waals surface area contributed by atoms with Gasteiger partial charge >= 0.3 is 5.97 Å². The number of hydrogen-bond acceptors (Lipinski definition) is 7. The zero-order valence-electron chi connectivity index (χ0n) is 19.3. The highest BCUT2D eigenvalue weighted by atomic mass is 79.9. The quantitative estimate of drug-likeness (QED) is 0.201. The number of nitrogens with one attached hydrogen (secondary N) is 1. The smallest absolute Gasteiger partial charge is 0.326 e. The molecule has 0 aliphatic rings. The Balaban J connectivity index is 2.32. The SMILES string of the molecule is CCOC(=O)Cn1c(SC)nc(CC[C@@H](N[S+]([O-])C(C)(C)C)c2ccc(F)cc2)c(Br)c1=O. The monoisotopic (exact) mass is 561 g/mol. The molecular weight excluding hydrogens is 533 g/mol. The van der Waals surface area contributed by atoms with Gasteiger partial charge in [0, 0.05) is 11.4 Å². The van der Waals surface area contributed by atoms with E-state index in [2.05, 4.69) is 25.6 Å². The maximum Gasteiger partial charge on any atom is 0.326 e. The molecule has 2 rings (SSSR count). The molecule has 0 saturated heterocycles. The first-order chi connectivity index (χ1) is 15.5. The first-order valence-electron chi connectivity index (χ1n) is 10.4. The summed E-state index contributed by atoms with van der Waals surface area (Å²) < 4.78 is 35.3. The van der Waals surface area contributed by atoms with E-state index in [0.717, 1.165) is 5.56 Å². The van der Waals surface area contributed by atoms with Crippen molar-refractivity contribution in [3.63, 3.8) is 0 Å². The number of esters is 1. The van der Waals surface area contributed by atoms with E-state index >= 15 is 0 Å². The van der Waals surface area contributed by atoms with E-state index in [0.29, 0.717) is 23.7 Å². The van der Waals surface area contributed by atoms with Crippen LogP contribution < -0.4 is 10.3 Å². The largest absolute Gasteiger partial charge is 0.598 e. The van der Waals surface area contributed by atoms with Crippen LogP contribution in [0.2, 0.25) is 0 Å². The number of rotatable bonds is 10. The number of nitrogens with zero attached hydrogens (tertiary/aromatic N) is 2. The van der Waals surface area contributed by atoms with Crippen molar-refractivity contribution in [1.29, 1.82) is 0 Å². The van der Waals surface area contributed by atoms with Gasteiger partial charge in [-0.1, -0.05) is 23.9 Å². The number of hydrogen-bond donors (Lipinski definition) is 1. The fraction of sp³-hybridized carbons (Fsp3) is 0.500. The lowest BCUT2D eigenvalue weighted by Crippen LogP contribution is -2.41. The lowest BCUT2D eigenvalue weighted by atomic mass is 10.0. The molecule has 0 saturated carbocycles. The minimum absolute atomic E-state index is 0.223. The van der Waals surface area contributed by atoms with Gasteiger partial charge in [-0.3, -0.25) is 14.2 Å². The Morgan fingerprint density at radius 2 is 2.00 bits per heavy atom. The minimum Gasteiger partial charge on any atom is -0.598 e. The van der Waals surface area contributed by atoms with E-state index < -0.39 is 22.1 Å². The summed E-state index contributed by atoms with van der Waals surface area (Å²) in [5.74, 6) is -0.865. The first-order valence-corrected chi connectivity index (χ1v) is 13.6. The minimum atomic E-state index is -1.36. The molecule has 0 amide bonds. The maximum absolute atomic E-state index is 13.4. The van der Waals surface area contributed by atoms with Crippen molar-refractivity contribution in [2.75, 3.05) is 12.9 Å². The summed E-state index contributed by atoms with van der Waals surface area (Å²) in [7, 11) is 0. The number of carbonyl (C=O) groups is 1. The summed E-state index contributed by atoms with van der Waals surface area (Å²) in [5, 5.41) is 0.399. The van der Waals surface area contributed by atoms with E-state index in [1.807, 2.05) is 20.8 Å². The Hall–Kier alpha value is -1.40. The topological polar surface area (TPSA) is 96.3 Å². The van der Waals surface area contributed by atoms with Crippen molar-refractivity contribution in [3.05, 3.63) is 56.2 Å². The second kappa shape index (κ2) is 12.3. The predicted molar refractivity (Wildman–Crippen MR) is 133 cm³/mol. The Morgan fingerprint density at radius 1 is 1.36 bits per heavy atom. The van der Waals surface area contributed by atoms with Crippen LogP contribution in [0, 0.1) is 5.82 Å². The van der Waals surface area contributed by atoms with Gasteiger partial charge in [0.25, 0.3) is 5.56 Å². The Kier molecular flexibility index (Phi) is 10.4. The molecule has 0 fully saturated rings. The molecule has 33 heavy (non-hydrogen) atoms. The van der Waals surface area contributed by atoms with Crippen LogP contribution in [0.15, 0.2) is 38.7 Å². The van der Waals surface area contributed by atoms with Crippen LogP contribution in [0.3, 0.4) is 0 Å². The van der Waals surface area contributed by atoms with Crippen molar-refractivity contribution in [1.82, 2.24) is 14.3 Å². The molecule has 0 aliphatic heterocycles. The first kappa shape index (κ1) is 27.8. The number of aryl methyl sites for hydroxylation is 1. The van der Waals surface area contributed by atoms with Crippen LogP contribution in [0.4, 0.5) is 4.39 Å². The summed E-state index contributed by atoms with van der Waals surface area (Å²) in [6, 6.07) is 5.68. The van der Waals surface area contributed by atoms with Gasteiger partial charge < -0.3 is 9.29 Å². The molecule has 11 heteroatoms. The van der Waals surface area contributed by atoms with Crippen LogP contribution in [-0.4, -0.2) is 37.7 Å². The average molecular weight is 563 g/mol. The number of ether oxygens (including phenoxy) is 1. The third-order valence-electron chi connectivity index (χ3n) is 4.67. The lowest BCUT2D eigenvalue weighted by Gasteiger charge is -2.28. The predicted octanol–water partition coefficient (Wildman–Crippen LogP) is 4.16. The lowest BCUT2D eigenvalue weighted by molar-refractivity contribution is -0.144. The van der Waals surface area contributed by atoms with E-state index in [4.69, 9.17) is 4.74 Å². The van der Waals surface area contributed by atoms with E-state index in [1.165, 1.54) is 28.5 Å². The van der Waals surface area contributed by atoms with Gasteiger partial charge in [-0.25, -0.2) is 9.37 Å². The fourth-order valence-corrected chi connectivity index (χ4v) is 4.86. The molecule has 1 aromatic heterocycles. The van der Waals surface area contributed by atoms with Crippen LogP contribution in [0.5, 0.6) is 0 Å². The van der Waals surface area contributed by atoms with Crippen LogP contribution in [0.1, 0.15) is 51.4 Å². The van der Waals surface area contributed by atoms with Gasteiger partial charge in [0.1, 0.15) is 21.6 Å². The van der Waals surface area contributed by atoms with Crippen molar-refractivity contribution in [2.24, 2.45) is 0 Å². The number of benzene rings is 1. The maximum atomic E-state index is 13.4. The van der Waals surface area contributed by atoms with Crippen LogP contribution in [-0.2, 0) is 33.9 Å².